The van der Waals surface area contributed by atoms with Gasteiger partial charge in [-0.2, -0.15) is 10.1 Å². The van der Waals surface area contributed by atoms with Crippen LogP contribution in [0.5, 0.6) is 0 Å². The number of rotatable bonds is 2. The van der Waals surface area contributed by atoms with Gasteiger partial charge in [0.2, 0.25) is 5.95 Å². The van der Waals surface area contributed by atoms with Gasteiger partial charge in [-0.15, -0.1) is 0 Å². The summed E-state index contributed by atoms with van der Waals surface area (Å²) in [5.74, 6) is 0.567. The van der Waals surface area contributed by atoms with Gasteiger partial charge in [0.1, 0.15) is 11.5 Å². The third-order valence-electron chi connectivity index (χ3n) is 4.60. The summed E-state index contributed by atoms with van der Waals surface area (Å²) in [6, 6.07) is 10.1. The Morgan fingerprint density at radius 3 is 2.73 bits per heavy atom. The van der Waals surface area contributed by atoms with Gasteiger partial charge in [0, 0.05) is 6.54 Å². The van der Waals surface area contributed by atoms with Gasteiger partial charge in [-0.05, 0) is 26.3 Å². The molecule has 0 amide bonds. The lowest BCUT2D eigenvalue weighted by molar-refractivity contribution is 0.0392. The van der Waals surface area contributed by atoms with Crippen LogP contribution in [-0.2, 0) is 10.3 Å². The molecule has 136 valence electrons. The van der Waals surface area contributed by atoms with Crippen molar-refractivity contribution in [1.29, 1.82) is 0 Å². The van der Waals surface area contributed by atoms with Crippen molar-refractivity contribution >= 4 is 17.0 Å². The molecule has 1 aliphatic heterocycles. The molecule has 0 saturated carbocycles. The Morgan fingerprint density at radius 1 is 1.23 bits per heavy atom. The number of aromatic nitrogens is 4. The molecule has 0 aliphatic carbocycles. The highest BCUT2D eigenvalue weighted by Gasteiger charge is 2.25. The average molecular weight is 353 g/mol. The van der Waals surface area contributed by atoms with Crippen LogP contribution in [0.25, 0.3) is 11.0 Å². The molecule has 26 heavy (non-hydrogen) atoms. The number of hydrogen-bond donors (Lipinski definition) is 1. The monoisotopic (exact) mass is 353 g/mol. The van der Waals surface area contributed by atoms with Crippen LogP contribution in [-0.4, -0.2) is 39.4 Å². The second kappa shape index (κ2) is 6.25. The Bertz CT molecular complexity index is 971. The predicted octanol–water partition coefficient (Wildman–Crippen LogP) is 2.45. The number of H-pyrrole nitrogens is 1. The van der Waals surface area contributed by atoms with E-state index in [4.69, 9.17) is 9.72 Å². The van der Waals surface area contributed by atoms with Gasteiger partial charge >= 0.3 is 0 Å². The second-order valence-corrected chi connectivity index (χ2v) is 7.57. The number of hydrogen-bond acceptors (Lipinski definition) is 5. The number of fused-ring (bicyclic) bond motifs is 1. The molecular weight excluding hydrogens is 330 g/mol. The first kappa shape index (κ1) is 16.8. The standard InChI is InChI=1S/C19H23N5O2/c1-19(2,3)24-16-14(11-20-24)17(25)22-18(21-16)23-9-10-26-15(12-23)13-7-5-4-6-8-13/h4-8,11,15H,9-10,12H2,1-3H3,(H,21,22,25). The molecule has 1 aliphatic rings. The summed E-state index contributed by atoms with van der Waals surface area (Å²) in [6.45, 7) is 8.04. The molecule has 0 spiro atoms. The molecule has 1 atom stereocenters. The summed E-state index contributed by atoms with van der Waals surface area (Å²) in [5, 5.41) is 4.88. The lowest BCUT2D eigenvalue weighted by Gasteiger charge is -2.33. The minimum atomic E-state index is -0.253. The Morgan fingerprint density at radius 2 is 2.00 bits per heavy atom. The summed E-state index contributed by atoms with van der Waals surface area (Å²) < 4.78 is 7.72. The fraction of sp³-hybridized carbons (Fsp3) is 0.421. The number of ether oxygens (including phenoxy) is 1. The van der Waals surface area contributed by atoms with Crippen LogP contribution in [0.2, 0.25) is 0 Å². The van der Waals surface area contributed by atoms with Crippen LogP contribution >= 0.6 is 0 Å². The number of benzene rings is 1. The molecule has 1 N–H and O–H groups in total. The molecular formula is C19H23N5O2. The lowest BCUT2D eigenvalue weighted by Crippen LogP contribution is -2.40. The minimum Gasteiger partial charge on any atom is -0.370 e. The van der Waals surface area contributed by atoms with Crippen LogP contribution in [0.4, 0.5) is 5.95 Å². The van der Waals surface area contributed by atoms with Crippen LogP contribution in [0.3, 0.4) is 0 Å². The topological polar surface area (TPSA) is 76.0 Å². The smallest absolute Gasteiger partial charge is 0.263 e. The van der Waals surface area contributed by atoms with Gasteiger partial charge in [-0.25, -0.2) is 4.68 Å². The molecule has 3 heterocycles. The molecule has 0 radical (unpaired) electrons. The van der Waals surface area contributed by atoms with Crippen LogP contribution in [0.15, 0.2) is 41.3 Å². The van der Waals surface area contributed by atoms with Crippen molar-refractivity contribution in [2.45, 2.75) is 32.4 Å². The quantitative estimate of drug-likeness (QED) is 0.766. The molecule has 3 aromatic rings. The van der Waals surface area contributed by atoms with Crippen molar-refractivity contribution in [3.63, 3.8) is 0 Å². The highest BCUT2D eigenvalue weighted by molar-refractivity contribution is 5.74. The molecule has 1 unspecified atom stereocenters. The van der Waals surface area contributed by atoms with Gasteiger partial charge < -0.3 is 9.64 Å². The molecule has 7 heteroatoms. The molecule has 1 aromatic carbocycles. The maximum atomic E-state index is 12.5. The maximum Gasteiger partial charge on any atom is 0.263 e. The Balaban J connectivity index is 1.71. The van der Waals surface area contributed by atoms with E-state index in [0.29, 0.717) is 36.7 Å². The summed E-state index contributed by atoms with van der Waals surface area (Å²) >= 11 is 0. The molecule has 1 saturated heterocycles. The van der Waals surface area contributed by atoms with Crippen LogP contribution in [0, 0.1) is 0 Å². The first-order valence-electron chi connectivity index (χ1n) is 8.83. The zero-order valence-corrected chi connectivity index (χ0v) is 15.3. The van der Waals surface area contributed by atoms with Crippen molar-refractivity contribution in [2.75, 3.05) is 24.6 Å². The average Bonchev–Trinajstić information content (AvgIpc) is 3.07. The molecule has 2 aromatic heterocycles. The first-order valence-corrected chi connectivity index (χ1v) is 8.83. The fourth-order valence-corrected chi connectivity index (χ4v) is 3.26. The van der Waals surface area contributed by atoms with E-state index in [0.717, 1.165) is 5.56 Å². The molecule has 1 fully saturated rings. The Kier molecular flexibility index (Phi) is 4.03. The van der Waals surface area contributed by atoms with E-state index in [2.05, 4.69) is 27.1 Å². The van der Waals surface area contributed by atoms with E-state index >= 15 is 0 Å². The van der Waals surface area contributed by atoms with E-state index in [1.165, 1.54) is 0 Å². The normalized spacial score (nSPS) is 18.4. The van der Waals surface area contributed by atoms with E-state index in [9.17, 15) is 4.79 Å². The third kappa shape index (κ3) is 2.99. The van der Waals surface area contributed by atoms with Gasteiger partial charge in [0.25, 0.3) is 5.56 Å². The summed E-state index contributed by atoms with van der Waals surface area (Å²) in [5.41, 5.74) is 1.32. The number of nitrogens with one attached hydrogen (secondary N) is 1. The zero-order valence-electron chi connectivity index (χ0n) is 15.3. The van der Waals surface area contributed by atoms with Crippen molar-refractivity contribution in [3.05, 3.63) is 52.4 Å². The second-order valence-electron chi connectivity index (χ2n) is 7.57. The minimum absolute atomic E-state index is 0.0431. The third-order valence-corrected chi connectivity index (χ3v) is 4.60. The van der Waals surface area contributed by atoms with Gasteiger partial charge in [0.15, 0.2) is 5.65 Å². The first-order chi connectivity index (χ1) is 12.4. The van der Waals surface area contributed by atoms with E-state index in [1.807, 2.05) is 39.0 Å². The number of morpholine rings is 1. The number of anilines is 1. The van der Waals surface area contributed by atoms with Crippen LogP contribution < -0.4 is 10.5 Å². The molecule has 4 rings (SSSR count). The summed E-state index contributed by atoms with van der Waals surface area (Å²) in [4.78, 5) is 22.2. The highest BCUT2D eigenvalue weighted by atomic mass is 16.5. The van der Waals surface area contributed by atoms with Crippen LogP contribution in [0.1, 0.15) is 32.4 Å². The zero-order chi connectivity index (χ0) is 18.3. The highest BCUT2D eigenvalue weighted by Crippen LogP contribution is 2.25. The molecule has 0 bridgehead atoms. The molecule has 7 nitrogen and oxygen atoms in total. The Hall–Kier alpha value is -2.67. The predicted molar refractivity (Wildman–Crippen MR) is 100 cm³/mol. The van der Waals surface area contributed by atoms with Crippen molar-refractivity contribution < 1.29 is 4.74 Å². The maximum absolute atomic E-state index is 12.5. The van der Waals surface area contributed by atoms with Crippen molar-refractivity contribution in [3.8, 4) is 0 Å². The Labute approximate surface area is 151 Å². The van der Waals surface area contributed by atoms with E-state index < -0.39 is 0 Å². The van der Waals surface area contributed by atoms with Gasteiger partial charge in [-0.1, -0.05) is 30.3 Å². The van der Waals surface area contributed by atoms with E-state index in [-0.39, 0.29) is 17.2 Å². The number of nitrogens with zero attached hydrogens (tertiary/aromatic N) is 4. The van der Waals surface area contributed by atoms with E-state index in [1.54, 1.807) is 10.9 Å². The lowest BCUT2D eigenvalue weighted by atomic mass is 10.1. The van der Waals surface area contributed by atoms with Crippen molar-refractivity contribution in [2.24, 2.45) is 0 Å². The SMILES string of the molecule is CC(C)(C)n1ncc2c(=O)[nH]c(N3CCOC(c4ccccc4)C3)nc21. The van der Waals surface area contributed by atoms with Gasteiger partial charge in [-0.3, -0.25) is 9.78 Å². The summed E-state index contributed by atoms with van der Waals surface area (Å²) in [6.07, 6.45) is 1.54. The summed E-state index contributed by atoms with van der Waals surface area (Å²) in [7, 11) is 0. The van der Waals surface area contributed by atoms with Crippen molar-refractivity contribution in [1.82, 2.24) is 19.7 Å². The number of aromatic amines is 1. The largest absolute Gasteiger partial charge is 0.370 e. The van der Waals surface area contributed by atoms with Gasteiger partial charge in [0.05, 0.1) is 24.9 Å². The fourth-order valence-electron chi connectivity index (χ4n) is 3.26.